The van der Waals surface area contributed by atoms with Crippen molar-refractivity contribution in [3.63, 3.8) is 0 Å². The number of halogens is 2. The molecule has 0 fully saturated rings. The van der Waals surface area contributed by atoms with Crippen molar-refractivity contribution in [2.45, 2.75) is 26.4 Å². The second-order valence-corrected chi connectivity index (χ2v) is 5.88. The first kappa shape index (κ1) is 24.7. The van der Waals surface area contributed by atoms with E-state index >= 15 is 0 Å². The molecule has 27 heavy (non-hydrogen) atoms. The summed E-state index contributed by atoms with van der Waals surface area (Å²) in [7, 11) is 0. The van der Waals surface area contributed by atoms with Gasteiger partial charge in [-0.15, -0.1) is 24.8 Å². The molecule has 7 nitrogen and oxygen atoms in total. The third-order valence-electron chi connectivity index (χ3n) is 3.79. The maximum atomic E-state index is 12.1. The molecule has 1 aromatic heterocycles. The van der Waals surface area contributed by atoms with Gasteiger partial charge in [-0.1, -0.05) is 13.0 Å². The molecular formula is C18H25Cl2N5O2. The van der Waals surface area contributed by atoms with Crippen LogP contribution in [0.15, 0.2) is 48.8 Å². The Balaban J connectivity index is 0.00000338. The van der Waals surface area contributed by atoms with Crippen LogP contribution in [0.25, 0.3) is 0 Å². The lowest BCUT2D eigenvalue weighted by Crippen LogP contribution is -2.34. The van der Waals surface area contributed by atoms with Gasteiger partial charge in [-0.25, -0.2) is 4.79 Å². The quantitative estimate of drug-likeness (QED) is 0.582. The van der Waals surface area contributed by atoms with E-state index in [4.69, 9.17) is 5.73 Å². The molecule has 0 spiro atoms. The van der Waals surface area contributed by atoms with Gasteiger partial charge in [0.2, 0.25) is 5.91 Å². The molecule has 3 amide bonds. The second-order valence-electron chi connectivity index (χ2n) is 5.88. The second kappa shape index (κ2) is 12.1. The normalized spacial score (nSPS) is 11.8. The molecule has 148 valence electrons. The number of nitrogens with one attached hydrogen (secondary N) is 3. The summed E-state index contributed by atoms with van der Waals surface area (Å²) in [6, 6.07) is 10.0. The molecule has 5 N–H and O–H groups in total. The number of pyridine rings is 1. The number of nitrogens with zero attached hydrogens (tertiary/aromatic N) is 1. The predicted molar refractivity (Wildman–Crippen MR) is 112 cm³/mol. The Morgan fingerprint density at radius 1 is 1.04 bits per heavy atom. The van der Waals surface area contributed by atoms with E-state index in [9.17, 15) is 9.59 Å². The molecular weight excluding hydrogens is 389 g/mol. The van der Waals surface area contributed by atoms with Crippen molar-refractivity contribution in [2.24, 2.45) is 11.7 Å². The lowest BCUT2D eigenvalue weighted by atomic mass is 10.0. The van der Waals surface area contributed by atoms with Gasteiger partial charge in [0, 0.05) is 36.4 Å². The van der Waals surface area contributed by atoms with Gasteiger partial charge in [-0.05, 0) is 42.8 Å². The van der Waals surface area contributed by atoms with Crippen LogP contribution in [-0.2, 0) is 11.3 Å². The van der Waals surface area contributed by atoms with Crippen LogP contribution in [0.4, 0.5) is 16.2 Å². The minimum absolute atomic E-state index is 0. The molecule has 9 heteroatoms. The smallest absolute Gasteiger partial charge is 0.319 e. The van der Waals surface area contributed by atoms with Gasteiger partial charge >= 0.3 is 6.03 Å². The number of urea groups is 1. The molecule has 0 radical (unpaired) electrons. The van der Waals surface area contributed by atoms with Crippen LogP contribution in [0.2, 0.25) is 0 Å². The molecule has 0 aliphatic carbocycles. The van der Waals surface area contributed by atoms with E-state index in [2.05, 4.69) is 20.9 Å². The van der Waals surface area contributed by atoms with Gasteiger partial charge in [0.15, 0.2) is 0 Å². The maximum Gasteiger partial charge on any atom is 0.319 e. The Bertz CT molecular complexity index is 729. The van der Waals surface area contributed by atoms with E-state index in [1.807, 2.05) is 12.1 Å². The third kappa shape index (κ3) is 8.25. The maximum absolute atomic E-state index is 12.1. The Kier molecular flexibility index (Phi) is 11.1. The number of benzene rings is 1. The van der Waals surface area contributed by atoms with Crippen LogP contribution in [0.5, 0.6) is 0 Å². The number of rotatable bonds is 6. The van der Waals surface area contributed by atoms with Crippen LogP contribution in [0.3, 0.4) is 0 Å². The molecule has 0 aliphatic rings. The Labute approximate surface area is 171 Å². The Morgan fingerprint density at radius 2 is 1.63 bits per heavy atom. The Morgan fingerprint density at radius 3 is 2.22 bits per heavy atom. The van der Waals surface area contributed by atoms with E-state index < -0.39 is 0 Å². The molecule has 1 aromatic carbocycles. The molecule has 2 atom stereocenters. The van der Waals surface area contributed by atoms with Gasteiger partial charge in [-0.2, -0.15) is 0 Å². The van der Waals surface area contributed by atoms with Gasteiger partial charge in [-0.3, -0.25) is 9.78 Å². The third-order valence-corrected chi connectivity index (χ3v) is 3.79. The van der Waals surface area contributed by atoms with Crippen LogP contribution in [-0.4, -0.2) is 23.0 Å². The van der Waals surface area contributed by atoms with Crippen LogP contribution < -0.4 is 21.7 Å². The van der Waals surface area contributed by atoms with Crippen LogP contribution in [0, 0.1) is 5.92 Å². The van der Waals surface area contributed by atoms with Crippen molar-refractivity contribution >= 4 is 48.1 Å². The first-order chi connectivity index (χ1) is 12.0. The number of hydrogen-bond donors (Lipinski definition) is 4. The highest BCUT2D eigenvalue weighted by molar-refractivity contribution is 5.94. The minimum Gasteiger partial charge on any atom is -0.334 e. The lowest BCUT2D eigenvalue weighted by Gasteiger charge is -2.16. The van der Waals surface area contributed by atoms with Gasteiger partial charge in [0.25, 0.3) is 0 Å². The zero-order valence-electron chi connectivity index (χ0n) is 15.1. The van der Waals surface area contributed by atoms with Crippen molar-refractivity contribution in [2.75, 3.05) is 10.6 Å². The highest BCUT2D eigenvalue weighted by atomic mass is 35.5. The molecule has 0 aliphatic heterocycles. The molecule has 2 aromatic rings. The lowest BCUT2D eigenvalue weighted by molar-refractivity contribution is -0.119. The van der Waals surface area contributed by atoms with Crippen molar-refractivity contribution in [1.29, 1.82) is 0 Å². The molecule has 2 rings (SSSR count). The fraction of sp³-hybridized carbons (Fsp3) is 0.278. The first-order valence-corrected chi connectivity index (χ1v) is 8.06. The van der Waals surface area contributed by atoms with Crippen LogP contribution in [0.1, 0.15) is 19.4 Å². The van der Waals surface area contributed by atoms with E-state index in [1.165, 1.54) is 0 Å². The van der Waals surface area contributed by atoms with Crippen LogP contribution >= 0.6 is 24.8 Å². The summed E-state index contributed by atoms with van der Waals surface area (Å²) in [5.74, 6) is -0.463. The van der Waals surface area contributed by atoms with Crippen molar-refractivity contribution < 1.29 is 9.59 Å². The summed E-state index contributed by atoms with van der Waals surface area (Å²) in [5.41, 5.74) is 7.88. The fourth-order valence-electron chi connectivity index (χ4n) is 2.03. The fourth-order valence-corrected chi connectivity index (χ4v) is 2.03. The van der Waals surface area contributed by atoms with Crippen molar-refractivity contribution in [1.82, 2.24) is 10.3 Å². The largest absolute Gasteiger partial charge is 0.334 e. The minimum atomic E-state index is -0.329. The number of carbonyl (C=O) groups excluding carboxylic acids is 2. The average Bonchev–Trinajstić information content (AvgIpc) is 2.60. The highest BCUT2D eigenvalue weighted by Gasteiger charge is 2.17. The number of carbonyl (C=O) groups is 2. The first-order valence-electron chi connectivity index (χ1n) is 8.06. The number of aromatic nitrogens is 1. The van der Waals surface area contributed by atoms with E-state index in [1.54, 1.807) is 50.5 Å². The SMILES string of the molecule is CC(N)C(C)C(=O)Nc1cccc(NC(=O)NCc2ccncc2)c1.Cl.Cl. The highest BCUT2D eigenvalue weighted by Crippen LogP contribution is 2.16. The standard InChI is InChI=1S/C18H23N5O2.2ClH/c1-12(13(2)19)17(24)22-15-4-3-5-16(10-15)23-18(25)21-11-14-6-8-20-9-7-14;;/h3-10,12-13H,11,19H2,1-2H3,(H,22,24)(H2,21,23,25);2*1H. The van der Waals surface area contributed by atoms with Gasteiger partial charge in [0.1, 0.15) is 0 Å². The summed E-state index contributed by atoms with van der Waals surface area (Å²) >= 11 is 0. The number of nitrogens with two attached hydrogens (primary N) is 1. The topological polar surface area (TPSA) is 109 Å². The summed E-state index contributed by atoms with van der Waals surface area (Å²) < 4.78 is 0. The molecule has 0 bridgehead atoms. The van der Waals surface area contributed by atoms with Crippen molar-refractivity contribution in [3.05, 3.63) is 54.4 Å². The number of anilines is 2. The Hall–Kier alpha value is -2.35. The van der Waals surface area contributed by atoms with E-state index in [0.29, 0.717) is 17.9 Å². The average molecular weight is 414 g/mol. The predicted octanol–water partition coefficient (Wildman–Crippen LogP) is 3.17. The zero-order valence-corrected chi connectivity index (χ0v) is 16.8. The monoisotopic (exact) mass is 413 g/mol. The van der Waals surface area contributed by atoms with E-state index in [0.717, 1.165) is 5.56 Å². The zero-order chi connectivity index (χ0) is 18.2. The molecule has 2 unspecified atom stereocenters. The molecule has 0 saturated carbocycles. The van der Waals surface area contributed by atoms with Gasteiger partial charge < -0.3 is 21.7 Å². The van der Waals surface area contributed by atoms with Gasteiger partial charge in [0.05, 0.1) is 5.92 Å². The summed E-state index contributed by atoms with van der Waals surface area (Å²) in [6.07, 6.45) is 3.34. The summed E-state index contributed by atoms with van der Waals surface area (Å²) in [5, 5.41) is 8.29. The molecule has 1 heterocycles. The number of amides is 3. The molecule has 0 saturated heterocycles. The summed E-state index contributed by atoms with van der Waals surface area (Å²) in [6.45, 7) is 3.96. The summed E-state index contributed by atoms with van der Waals surface area (Å²) in [4.78, 5) is 28.0. The number of hydrogen-bond acceptors (Lipinski definition) is 4. The van der Waals surface area contributed by atoms with E-state index in [-0.39, 0.29) is 48.7 Å². The van der Waals surface area contributed by atoms with Crippen molar-refractivity contribution in [3.8, 4) is 0 Å².